The van der Waals surface area contributed by atoms with Gasteiger partial charge in [-0.2, -0.15) is 0 Å². The topological polar surface area (TPSA) is 227 Å². The van der Waals surface area contributed by atoms with E-state index in [1.807, 2.05) is 36.9 Å². The molecule has 16 nitrogen and oxygen atoms in total. The molecule has 6 aromatic heterocycles. The Morgan fingerprint density at radius 1 is 0.571 bits per heavy atom. The number of alkyl halides is 6. The molecule has 0 atom stereocenters. The minimum absolute atomic E-state index is 0. The Hall–Kier alpha value is -4.83. The fourth-order valence-electron chi connectivity index (χ4n) is 7.47. The molecule has 380 valence electrons. The number of nitrogens with one attached hydrogen (secondary N) is 3. The first kappa shape index (κ1) is 56.1. The van der Waals surface area contributed by atoms with Crippen LogP contribution in [0.4, 0.5) is 55.4 Å². The molecule has 6 heterocycles. The van der Waals surface area contributed by atoms with Gasteiger partial charge in [0.25, 0.3) is 0 Å². The van der Waals surface area contributed by atoms with Gasteiger partial charge in [0.15, 0.2) is 32.5 Å². The summed E-state index contributed by atoms with van der Waals surface area (Å²) < 4.78 is 79.3. The third kappa shape index (κ3) is 16.6. The van der Waals surface area contributed by atoms with Gasteiger partial charge in [-0.05, 0) is 69.9 Å². The Morgan fingerprint density at radius 3 is 1.27 bits per heavy atom. The van der Waals surface area contributed by atoms with Crippen LogP contribution in [0.1, 0.15) is 94.1 Å². The summed E-state index contributed by atoms with van der Waals surface area (Å²) in [5, 5.41) is 21.0. The summed E-state index contributed by atoms with van der Waals surface area (Å²) in [5.74, 6) is -4.33. The Morgan fingerprint density at radius 2 is 0.914 bits per heavy atom. The summed E-state index contributed by atoms with van der Waals surface area (Å²) in [6.45, 7) is 5.65. The van der Waals surface area contributed by atoms with Crippen LogP contribution < -0.4 is 21.7 Å². The molecule has 0 spiro atoms. The molecule has 0 saturated heterocycles. The van der Waals surface area contributed by atoms with Crippen molar-refractivity contribution in [3.05, 3.63) is 74.4 Å². The normalized spacial score (nSPS) is 17.5. The number of aromatic nitrogens is 9. The number of nitrogens with two attached hydrogens (primary N) is 1. The van der Waals surface area contributed by atoms with Crippen molar-refractivity contribution in [3.63, 3.8) is 0 Å². The Balaban J connectivity index is 0.000000193. The number of anilines is 4. The maximum absolute atomic E-state index is 13.3. The molecule has 6 aromatic rings. The molecular weight excluding hydrogens is 1090 g/mol. The number of hydrogen-bond donors (Lipinski definition) is 4. The predicted molar refractivity (Wildman–Crippen MR) is 261 cm³/mol. The summed E-state index contributed by atoms with van der Waals surface area (Å²) in [5.41, 5.74) is 17.1. The first-order valence-electron chi connectivity index (χ1n) is 21.6. The zero-order valence-corrected chi connectivity index (χ0v) is 43.1. The number of thiazole rings is 3. The van der Waals surface area contributed by atoms with E-state index in [2.05, 4.69) is 70.8 Å². The minimum Gasteiger partial charge on any atom is -0.384 e. The Labute approximate surface area is 431 Å². The zero-order valence-electron chi connectivity index (χ0n) is 38.3. The molecular formula is C43H50ClF6N16PdS3-. The van der Waals surface area contributed by atoms with E-state index in [-0.39, 0.29) is 90.3 Å². The van der Waals surface area contributed by atoms with Crippen LogP contribution in [-0.4, -0.2) is 80.7 Å². The first-order valence-corrected chi connectivity index (χ1v) is 24.6. The Bertz CT molecular complexity index is 2570. The van der Waals surface area contributed by atoms with Gasteiger partial charge in [-0.25, -0.2) is 71.2 Å². The molecule has 3 aliphatic rings. The van der Waals surface area contributed by atoms with Crippen LogP contribution in [0.25, 0.3) is 42.9 Å². The molecule has 0 bridgehead atoms. The van der Waals surface area contributed by atoms with Crippen LogP contribution in [0.5, 0.6) is 0 Å². The van der Waals surface area contributed by atoms with Gasteiger partial charge < -0.3 is 29.1 Å². The van der Waals surface area contributed by atoms with Crippen LogP contribution in [-0.2, 0) is 20.4 Å². The van der Waals surface area contributed by atoms with Crippen molar-refractivity contribution in [2.24, 2.45) is 5.11 Å². The Kier molecular flexibility index (Phi) is 19.7. The van der Waals surface area contributed by atoms with Gasteiger partial charge in [0, 0.05) is 133 Å². The largest absolute Gasteiger partial charge is 0.384 e. The molecule has 3 saturated carbocycles. The van der Waals surface area contributed by atoms with E-state index in [4.69, 9.17) is 22.9 Å². The third-order valence-corrected chi connectivity index (χ3v) is 14.0. The number of hydrogen-bond acceptors (Lipinski definition) is 17. The van der Waals surface area contributed by atoms with Gasteiger partial charge in [-0.3, -0.25) is 0 Å². The smallest absolute Gasteiger partial charge is 0.248 e. The van der Waals surface area contributed by atoms with Crippen LogP contribution in [0.3, 0.4) is 0 Å². The SMILES string of the molecule is Cc1csc(-c2nc(Cl)cc(NC3CCC(F)(F)CC3)n2)n1.Cc1csc(-c2nc(N)cc(NC3CCC(F)(F)CC3)n2)n1.Cc1csc(-c2nc(N=[N+]=[N-])cc(NC3CCC(F)(F)CC3)n2)n1.[CH3-].[Pd]. The molecule has 3 aliphatic carbocycles. The van der Waals surface area contributed by atoms with Gasteiger partial charge in [-0.15, -0.1) is 34.0 Å². The van der Waals surface area contributed by atoms with Crippen LogP contribution in [0, 0.1) is 28.2 Å². The average molecular weight is 1140 g/mol. The monoisotopic (exact) mass is 1140 g/mol. The number of aryl methyl sites for hydroxylation is 3. The van der Waals surface area contributed by atoms with Crippen molar-refractivity contribution in [2.75, 3.05) is 21.7 Å². The van der Waals surface area contributed by atoms with E-state index in [1.165, 1.54) is 40.1 Å². The standard InChI is InChI=1S/C14H15ClF2N4S.C14H15F2N7S.C14H17F2N5S.CH3.Pd/c1-8-7-22-13(18-8)12-20-10(15)6-11(21-12)19-9-2-4-14(16,17)5-3-9;1-8-7-24-13(18-8)12-20-10(6-11(21-12)22-23-17)19-9-2-4-14(15,16)5-3-9;1-8-7-22-13(18-8)12-20-10(17)6-11(21-12)19-9-2-4-14(15,16)5-3-9;;/h6-7,9H,2-5H2,1H3,(H,19,20,21);6-7,9H,2-5H2,1H3,(H,19,20,21);6-7,9H,2-5H2,1H3,(H3,17,19,20,21);1H3;/q;;;-1;. The summed E-state index contributed by atoms with van der Waals surface area (Å²) in [4.78, 5) is 41.5. The second-order valence-corrected chi connectivity index (χ2v) is 19.7. The van der Waals surface area contributed by atoms with Crippen molar-refractivity contribution in [1.82, 2.24) is 44.9 Å². The van der Waals surface area contributed by atoms with E-state index < -0.39 is 17.8 Å². The fraction of sp³-hybridized carbons (Fsp3) is 0.488. The van der Waals surface area contributed by atoms with Crippen molar-refractivity contribution in [2.45, 2.75) is 134 Å². The molecule has 0 radical (unpaired) electrons. The summed E-state index contributed by atoms with van der Waals surface area (Å²) in [6.07, 6.45) is 1.73. The number of rotatable bonds is 10. The van der Waals surface area contributed by atoms with Crippen molar-refractivity contribution < 1.29 is 46.8 Å². The quantitative estimate of drug-likeness (QED) is 0.0191. The van der Waals surface area contributed by atoms with E-state index in [0.29, 0.717) is 99.4 Å². The summed E-state index contributed by atoms with van der Waals surface area (Å²) in [7, 11) is 0. The van der Waals surface area contributed by atoms with E-state index in [9.17, 15) is 26.3 Å². The van der Waals surface area contributed by atoms with Crippen molar-refractivity contribution in [3.8, 4) is 32.5 Å². The van der Waals surface area contributed by atoms with Crippen LogP contribution >= 0.6 is 45.6 Å². The van der Waals surface area contributed by atoms with Gasteiger partial charge in [-0.1, -0.05) is 11.6 Å². The average Bonchev–Trinajstić information content (AvgIpc) is 4.05. The van der Waals surface area contributed by atoms with E-state index in [0.717, 1.165) is 17.1 Å². The maximum Gasteiger partial charge on any atom is 0.248 e. The molecule has 5 N–H and O–H groups in total. The van der Waals surface area contributed by atoms with Gasteiger partial charge in [0.1, 0.15) is 34.2 Å². The molecule has 0 aliphatic heterocycles. The van der Waals surface area contributed by atoms with Gasteiger partial charge in [0.2, 0.25) is 17.8 Å². The number of azide groups is 1. The fourth-order valence-corrected chi connectivity index (χ4v) is 9.84. The molecule has 9 rings (SSSR count). The number of nitrogens with zero attached hydrogens (tertiary/aromatic N) is 12. The van der Waals surface area contributed by atoms with Crippen molar-refractivity contribution >= 4 is 74.7 Å². The molecule has 0 aromatic carbocycles. The maximum atomic E-state index is 13.3. The van der Waals surface area contributed by atoms with Gasteiger partial charge in [0.05, 0.1) is 0 Å². The first-order chi connectivity index (χ1) is 32.3. The molecule has 27 heteroatoms. The predicted octanol–water partition coefficient (Wildman–Crippen LogP) is 13.3. The minimum atomic E-state index is -2.58. The van der Waals surface area contributed by atoms with Crippen molar-refractivity contribution in [1.29, 1.82) is 0 Å². The second-order valence-electron chi connectivity index (χ2n) is 16.7. The molecule has 0 amide bonds. The second kappa shape index (κ2) is 24.5. The summed E-state index contributed by atoms with van der Waals surface area (Å²) >= 11 is 10.3. The molecule has 0 unspecified atom stereocenters. The molecule has 70 heavy (non-hydrogen) atoms. The van der Waals surface area contributed by atoms with E-state index >= 15 is 0 Å². The zero-order chi connectivity index (χ0) is 48.6. The molecule has 3 fully saturated rings. The van der Waals surface area contributed by atoms with Crippen LogP contribution in [0.15, 0.2) is 39.5 Å². The summed E-state index contributed by atoms with van der Waals surface area (Å²) in [6, 6.07) is 4.62. The number of halogens is 7. The van der Waals surface area contributed by atoms with Gasteiger partial charge >= 0.3 is 0 Å². The third-order valence-electron chi connectivity index (χ3n) is 10.9. The number of nitrogen functional groups attached to an aromatic ring is 1. The van der Waals surface area contributed by atoms with Crippen LogP contribution in [0.2, 0.25) is 5.15 Å². The van der Waals surface area contributed by atoms with E-state index in [1.54, 1.807) is 12.1 Å².